The van der Waals surface area contributed by atoms with Crippen LogP contribution in [0, 0.1) is 6.92 Å². The molecule has 0 aliphatic carbocycles. The molecular formula is C21H18N4O4S. The van der Waals surface area contributed by atoms with Crippen LogP contribution in [-0.2, 0) is 0 Å². The van der Waals surface area contributed by atoms with Gasteiger partial charge in [0.2, 0.25) is 6.79 Å². The molecule has 1 aliphatic rings. The van der Waals surface area contributed by atoms with Crippen LogP contribution in [0.3, 0.4) is 0 Å². The van der Waals surface area contributed by atoms with Crippen molar-refractivity contribution in [2.24, 2.45) is 0 Å². The minimum atomic E-state index is -0.276. The normalized spacial score (nSPS) is 12.7. The van der Waals surface area contributed by atoms with Gasteiger partial charge in [-0.2, -0.15) is 0 Å². The summed E-state index contributed by atoms with van der Waals surface area (Å²) < 4.78 is 16.1. The van der Waals surface area contributed by atoms with Crippen LogP contribution in [0.25, 0.3) is 22.4 Å². The van der Waals surface area contributed by atoms with E-state index >= 15 is 0 Å². The maximum Gasteiger partial charge on any atom is 0.259 e. The van der Waals surface area contributed by atoms with Crippen molar-refractivity contribution < 1.29 is 18.8 Å². The Morgan fingerprint density at radius 1 is 1.17 bits per heavy atom. The van der Waals surface area contributed by atoms with Gasteiger partial charge < -0.3 is 14.0 Å². The van der Waals surface area contributed by atoms with Gasteiger partial charge in [-0.1, -0.05) is 19.0 Å². The fraction of sp³-hybridized carbons (Fsp3) is 0.238. The Hall–Kier alpha value is -3.46. The molecule has 0 bridgehead atoms. The Labute approximate surface area is 175 Å². The van der Waals surface area contributed by atoms with Crippen LogP contribution in [0.15, 0.2) is 34.2 Å². The average Bonchev–Trinajstić information content (AvgIpc) is 3.46. The Morgan fingerprint density at radius 2 is 2.00 bits per heavy atom. The number of carbonyl (C=O) groups excluding carboxylic acids is 1. The molecule has 4 heterocycles. The van der Waals surface area contributed by atoms with Crippen LogP contribution < -0.4 is 14.8 Å². The number of pyridine rings is 1. The second-order valence-electron chi connectivity index (χ2n) is 7.26. The van der Waals surface area contributed by atoms with E-state index in [-0.39, 0.29) is 18.6 Å². The molecule has 0 saturated heterocycles. The molecule has 0 unspecified atom stereocenters. The zero-order valence-electron chi connectivity index (χ0n) is 16.6. The van der Waals surface area contributed by atoms with Crippen LogP contribution in [0.2, 0.25) is 0 Å². The summed E-state index contributed by atoms with van der Waals surface area (Å²) in [6, 6.07) is 7.44. The Kier molecular flexibility index (Phi) is 4.39. The smallest absolute Gasteiger partial charge is 0.259 e. The van der Waals surface area contributed by atoms with Crippen molar-refractivity contribution in [2.75, 3.05) is 12.1 Å². The van der Waals surface area contributed by atoms with Gasteiger partial charge in [0.05, 0.1) is 22.3 Å². The molecule has 0 fully saturated rings. The summed E-state index contributed by atoms with van der Waals surface area (Å²) in [6.07, 6.45) is 0. The van der Waals surface area contributed by atoms with Gasteiger partial charge in [0.15, 0.2) is 16.6 Å². The summed E-state index contributed by atoms with van der Waals surface area (Å²) in [6.45, 7) is 6.04. The molecule has 0 spiro atoms. The van der Waals surface area contributed by atoms with E-state index in [1.165, 1.54) is 11.3 Å². The number of carbonyl (C=O) groups is 1. The van der Waals surface area contributed by atoms with E-state index in [1.807, 2.05) is 37.4 Å². The summed E-state index contributed by atoms with van der Waals surface area (Å²) in [7, 11) is 0. The van der Waals surface area contributed by atoms with E-state index in [1.54, 1.807) is 13.0 Å². The molecule has 9 heteroatoms. The molecular weight excluding hydrogens is 404 g/mol. The number of hydrogen-bond donors (Lipinski definition) is 1. The van der Waals surface area contributed by atoms with Gasteiger partial charge in [0.1, 0.15) is 0 Å². The van der Waals surface area contributed by atoms with Gasteiger partial charge in [0.25, 0.3) is 11.6 Å². The monoisotopic (exact) mass is 422 g/mol. The molecule has 152 valence electrons. The summed E-state index contributed by atoms with van der Waals surface area (Å²) in [4.78, 5) is 22.1. The molecule has 1 aromatic carbocycles. The number of hydrogen-bond acceptors (Lipinski definition) is 8. The number of amides is 1. The second kappa shape index (κ2) is 7.10. The predicted molar refractivity (Wildman–Crippen MR) is 112 cm³/mol. The highest BCUT2D eigenvalue weighted by atomic mass is 32.1. The number of ether oxygens (including phenoxy) is 2. The third kappa shape index (κ3) is 3.17. The van der Waals surface area contributed by atoms with Crippen molar-refractivity contribution >= 4 is 33.5 Å². The van der Waals surface area contributed by atoms with E-state index in [2.05, 4.69) is 20.4 Å². The van der Waals surface area contributed by atoms with Crippen molar-refractivity contribution in [3.8, 4) is 22.8 Å². The molecule has 0 saturated carbocycles. The maximum atomic E-state index is 13.1. The lowest BCUT2D eigenvalue weighted by Gasteiger charge is -2.08. The molecule has 5 rings (SSSR count). The number of fused-ring (bicyclic) bond motifs is 2. The first-order chi connectivity index (χ1) is 14.5. The summed E-state index contributed by atoms with van der Waals surface area (Å²) in [5.74, 6) is 1.27. The van der Waals surface area contributed by atoms with Crippen molar-refractivity contribution in [1.29, 1.82) is 0 Å². The molecule has 4 aromatic rings. The summed E-state index contributed by atoms with van der Waals surface area (Å²) in [5.41, 5.74) is 3.87. The van der Waals surface area contributed by atoms with E-state index in [9.17, 15) is 4.79 Å². The van der Waals surface area contributed by atoms with Crippen LogP contribution in [-0.4, -0.2) is 27.8 Å². The van der Waals surface area contributed by atoms with E-state index < -0.39 is 0 Å². The van der Waals surface area contributed by atoms with Gasteiger partial charge in [-0.3, -0.25) is 10.1 Å². The van der Waals surface area contributed by atoms with Gasteiger partial charge in [0, 0.05) is 16.6 Å². The maximum absolute atomic E-state index is 13.1. The van der Waals surface area contributed by atoms with E-state index in [4.69, 9.17) is 14.0 Å². The number of aryl methyl sites for hydroxylation is 1. The lowest BCUT2D eigenvalue weighted by atomic mass is 10.0. The van der Waals surface area contributed by atoms with Crippen LogP contribution >= 0.6 is 11.3 Å². The minimum absolute atomic E-state index is 0.142. The Morgan fingerprint density at radius 3 is 2.83 bits per heavy atom. The number of nitrogens with one attached hydrogen (secondary N) is 1. The standard InChI is InChI=1S/C21H18N4O4S/c1-10(2)14-7-13(18-11(3)25-29-20(18)22-14)19(26)24-21-23-15(8-30-21)12-4-5-16-17(6-12)28-9-27-16/h4-8,10H,9H2,1-3H3,(H,23,24,26). The number of benzene rings is 1. The number of anilines is 1. The lowest BCUT2D eigenvalue weighted by Crippen LogP contribution is -2.13. The van der Waals surface area contributed by atoms with Crippen LogP contribution in [0.1, 0.15) is 41.5 Å². The van der Waals surface area contributed by atoms with Crippen LogP contribution in [0.4, 0.5) is 5.13 Å². The first-order valence-corrected chi connectivity index (χ1v) is 10.3. The van der Waals surface area contributed by atoms with Crippen molar-refractivity contribution in [1.82, 2.24) is 15.1 Å². The third-order valence-corrected chi connectivity index (χ3v) is 5.62. The van der Waals surface area contributed by atoms with E-state index in [0.717, 1.165) is 17.0 Å². The minimum Gasteiger partial charge on any atom is -0.454 e. The van der Waals surface area contributed by atoms with Gasteiger partial charge >= 0.3 is 0 Å². The topological polar surface area (TPSA) is 99.4 Å². The fourth-order valence-electron chi connectivity index (χ4n) is 3.27. The highest BCUT2D eigenvalue weighted by Gasteiger charge is 2.21. The molecule has 1 amide bonds. The number of rotatable bonds is 4. The molecule has 1 N–H and O–H groups in total. The van der Waals surface area contributed by atoms with Gasteiger partial charge in [-0.05, 0) is 37.1 Å². The zero-order valence-corrected chi connectivity index (χ0v) is 17.4. The molecule has 0 radical (unpaired) electrons. The SMILES string of the molecule is Cc1noc2nc(C(C)C)cc(C(=O)Nc3nc(-c4ccc5c(c4)OCO5)cs3)c12. The third-order valence-electron chi connectivity index (χ3n) is 4.87. The lowest BCUT2D eigenvalue weighted by molar-refractivity contribution is 0.102. The van der Waals surface area contributed by atoms with Crippen molar-refractivity contribution in [3.63, 3.8) is 0 Å². The van der Waals surface area contributed by atoms with Crippen molar-refractivity contribution in [3.05, 3.63) is 46.6 Å². The van der Waals surface area contributed by atoms with E-state index in [0.29, 0.717) is 39.0 Å². The number of nitrogens with zero attached hydrogens (tertiary/aromatic N) is 3. The molecule has 8 nitrogen and oxygen atoms in total. The summed E-state index contributed by atoms with van der Waals surface area (Å²) >= 11 is 1.35. The molecule has 1 aliphatic heterocycles. The highest BCUT2D eigenvalue weighted by molar-refractivity contribution is 7.14. The first kappa shape index (κ1) is 18.6. The largest absolute Gasteiger partial charge is 0.454 e. The Bertz CT molecular complexity index is 1280. The molecule has 0 atom stereocenters. The quantitative estimate of drug-likeness (QED) is 0.506. The first-order valence-electron chi connectivity index (χ1n) is 9.43. The van der Waals surface area contributed by atoms with Crippen molar-refractivity contribution in [2.45, 2.75) is 26.7 Å². The highest BCUT2D eigenvalue weighted by Crippen LogP contribution is 2.36. The number of aromatic nitrogens is 3. The molecule has 30 heavy (non-hydrogen) atoms. The van der Waals surface area contributed by atoms with Crippen LogP contribution in [0.5, 0.6) is 11.5 Å². The average molecular weight is 422 g/mol. The second-order valence-corrected chi connectivity index (χ2v) is 8.12. The number of thiazole rings is 1. The summed E-state index contributed by atoms with van der Waals surface area (Å²) in [5, 5.41) is 9.86. The Balaban J connectivity index is 1.45. The predicted octanol–water partition coefficient (Wildman–Crippen LogP) is 4.76. The van der Waals surface area contributed by atoms with Gasteiger partial charge in [-0.15, -0.1) is 11.3 Å². The fourth-order valence-corrected chi connectivity index (χ4v) is 3.99. The zero-order chi connectivity index (χ0) is 20.8. The van der Waals surface area contributed by atoms with Gasteiger partial charge in [-0.25, -0.2) is 9.97 Å². The molecule has 3 aromatic heterocycles.